The Morgan fingerprint density at radius 1 is 1.20 bits per heavy atom. The molecule has 58 valence electrons. The van der Waals surface area contributed by atoms with Crippen LogP contribution in [0.3, 0.4) is 0 Å². The Labute approximate surface area is 60.9 Å². The fraction of sp³-hybridized carbons (Fsp3) is 1.00. The topological polar surface area (TPSA) is 47.3 Å². The number of hydrogen-bond acceptors (Lipinski definition) is 3. The van der Waals surface area contributed by atoms with Crippen molar-refractivity contribution < 1.29 is 4.74 Å². The maximum absolute atomic E-state index is 5.96. The molecule has 0 saturated carbocycles. The van der Waals surface area contributed by atoms with Crippen LogP contribution in [0.15, 0.2) is 0 Å². The molecule has 3 heteroatoms. The molecule has 2 heterocycles. The van der Waals surface area contributed by atoms with Crippen molar-refractivity contribution in [3.05, 3.63) is 0 Å². The van der Waals surface area contributed by atoms with Gasteiger partial charge in [-0.1, -0.05) is 0 Å². The van der Waals surface area contributed by atoms with Crippen molar-refractivity contribution in [2.24, 2.45) is 17.6 Å². The predicted molar refractivity (Wildman–Crippen MR) is 38.6 cm³/mol. The first-order valence-corrected chi connectivity index (χ1v) is 3.92. The van der Waals surface area contributed by atoms with E-state index in [2.05, 4.69) is 5.32 Å². The zero-order valence-corrected chi connectivity index (χ0v) is 6.05. The van der Waals surface area contributed by atoms with Crippen LogP contribution in [0.5, 0.6) is 0 Å². The van der Waals surface area contributed by atoms with Crippen molar-refractivity contribution in [2.45, 2.75) is 6.04 Å². The van der Waals surface area contributed by atoms with E-state index in [4.69, 9.17) is 10.5 Å². The van der Waals surface area contributed by atoms with Crippen LogP contribution < -0.4 is 11.1 Å². The van der Waals surface area contributed by atoms with E-state index in [1.807, 2.05) is 0 Å². The van der Waals surface area contributed by atoms with Crippen LogP contribution in [0.25, 0.3) is 0 Å². The zero-order valence-electron chi connectivity index (χ0n) is 6.05. The first kappa shape index (κ1) is 6.58. The number of nitrogens with one attached hydrogen (secondary N) is 1. The van der Waals surface area contributed by atoms with Gasteiger partial charge in [-0.15, -0.1) is 0 Å². The Morgan fingerprint density at radius 2 is 1.80 bits per heavy atom. The molecule has 3 N–H and O–H groups in total. The normalized spacial score (nSPS) is 47.1. The first-order chi connectivity index (χ1) is 4.88. The van der Waals surface area contributed by atoms with Crippen LogP contribution >= 0.6 is 0 Å². The second-order valence-corrected chi connectivity index (χ2v) is 3.29. The minimum absolute atomic E-state index is 0.384. The molecule has 0 aromatic rings. The highest BCUT2D eigenvalue weighted by Crippen LogP contribution is 2.20. The zero-order chi connectivity index (χ0) is 6.97. The summed E-state index contributed by atoms with van der Waals surface area (Å²) in [6, 6.07) is 0.384. The molecule has 2 fully saturated rings. The van der Waals surface area contributed by atoms with Gasteiger partial charge in [0, 0.05) is 31.0 Å². The van der Waals surface area contributed by atoms with Crippen molar-refractivity contribution in [3.63, 3.8) is 0 Å². The lowest BCUT2D eigenvalue weighted by molar-refractivity contribution is -0.0162. The second-order valence-electron chi connectivity index (χ2n) is 3.29. The van der Waals surface area contributed by atoms with Crippen LogP contribution in [-0.4, -0.2) is 32.3 Å². The quantitative estimate of drug-likeness (QED) is 0.464. The Kier molecular flexibility index (Phi) is 1.64. The van der Waals surface area contributed by atoms with Gasteiger partial charge in [-0.3, -0.25) is 0 Å². The van der Waals surface area contributed by atoms with E-state index in [0.29, 0.717) is 17.9 Å². The Morgan fingerprint density at radius 3 is 2.30 bits per heavy atom. The summed E-state index contributed by atoms with van der Waals surface area (Å²) in [5.41, 5.74) is 5.96. The first-order valence-electron chi connectivity index (χ1n) is 3.92. The Hall–Kier alpha value is -0.120. The minimum Gasteiger partial charge on any atom is -0.381 e. The summed E-state index contributed by atoms with van der Waals surface area (Å²) in [4.78, 5) is 0. The monoisotopic (exact) mass is 142 g/mol. The summed E-state index contributed by atoms with van der Waals surface area (Å²) >= 11 is 0. The molecule has 2 aliphatic heterocycles. The van der Waals surface area contributed by atoms with Crippen LogP contribution in [0.4, 0.5) is 0 Å². The van der Waals surface area contributed by atoms with Gasteiger partial charge in [-0.25, -0.2) is 0 Å². The molecule has 3 nitrogen and oxygen atoms in total. The molecule has 2 rings (SSSR count). The highest BCUT2D eigenvalue weighted by atomic mass is 16.5. The fourth-order valence-electron chi connectivity index (χ4n) is 1.82. The highest BCUT2D eigenvalue weighted by molar-refractivity contribution is 4.90. The summed E-state index contributed by atoms with van der Waals surface area (Å²) in [6.07, 6.45) is 0. The van der Waals surface area contributed by atoms with E-state index in [0.717, 1.165) is 26.3 Å². The number of ether oxygens (including phenoxy) is 1. The van der Waals surface area contributed by atoms with Gasteiger partial charge in [0.1, 0.15) is 0 Å². The van der Waals surface area contributed by atoms with Crippen LogP contribution in [0.1, 0.15) is 0 Å². The minimum atomic E-state index is 0.384. The number of piperidine rings is 1. The number of rotatable bonds is 0. The van der Waals surface area contributed by atoms with Crippen molar-refractivity contribution in [3.8, 4) is 0 Å². The molecule has 10 heavy (non-hydrogen) atoms. The molecule has 0 aromatic carbocycles. The fourth-order valence-corrected chi connectivity index (χ4v) is 1.82. The van der Waals surface area contributed by atoms with Crippen LogP contribution in [0.2, 0.25) is 0 Å². The van der Waals surface area contributed by atoms with Crippen LogP contribution in [-0.2, 0) is 4.74 Å². The summed E-state index contributed by atoms with van der Waals surface area (Å²) in [6.45, 7) is 3.78. The third-order valence-electron chi connectivity index (χ3n) is 2.57. The van der Waals surface area contributed by atoms with E-state index in [-0.39, 0.29) is 0 Å². The summed E-state index contributed by atoms with van der Waals surface area (Å²) in [5.74, 6) is 1.12. The van der Waals surface area contributed by atoms with Crippen molar-refractivity contribution >= 4 is 0 Å². The molecular weight excluding hydrogens is 128 g/mol. The summed E-state index contributed by atoms with van der Waals surface area (Å²) in [7, 11) is 0. The molecule has 0 aliphatic carbocycles. The molecule has 0 aromatic heterocycles. The smallest absolute Gasteiger partial charge is 0.0521 e. The predicted octanol–water partition coefficient (Wildman–Crippen LogP) is -0.821. The molecular formula is C7H14N2O. The third kappa shape index (κ3) is 0.944. The maximum Gasteiger partial charge on any atom is 0.0521 e. The van der Waals surface area contributed by atoms with Gasteiger partial charge in [-0.2, -0.15) is 0 Å². The van der Waals surface area contributed by atoms with E-state index in [9.17, 15) is 0 Å². The lowest BCUT2D eigenvalue weighted by Crippen LogP contribution is -2.57. The van der Waals surface area contributed by atoms with Gasteiger partial charge in [0.25, 0.3) is 0 Å². The van der Waals surface area contributed by atoms with Gasteiger partial charge < -0.3 is 15.8 Å². The van der Waals surface area contributed by atoms with Crippen LogP contribution in [0, 0.1) is 11.8 Å². The average molecular weight is 142 g/mol. The van der Waals surface area contributed by atoms with Crippen molar-refractivity contribution in [1.82, 2.24) is 5.32 Å². The molecule has 2 bridgehead atoms. The Balaban J connectivity index is 2.05. The van der Waals surface area contributed by atoms with Gasteiger partial charge in [0.2, 0.25) is 0 Å². The van der Waals surface area contributed by atoms with E-state index < -0.39 is 0 Å². The SMILES string of the molecule is NC1[C@@H]2CNC[C@H]1COC2. The van der Waals surface area contributed by atoms with Gasteiger partial charge in [0.15, 0.2) is 0 Å². The lowest BCUT2D eigenvalue weighted by Gasteiger charge is -2.40. The average Bonchev–Trinajstić information content (AvgIpc) is 1.86. The van der Waals surface area contributed by atoms with Gasteiger partial charge >= 0.3 is 0 Å². The van der Waals surface area contributed by atoms with E-state index in [1.165, 1.54) is 0 Å². The molecule has 0 spiro atoms. The van der Waals surface area contributed by atoms with E-state index in [1.54, 1.807) is 0 Å². The third-order valence-corrected chi connectivity index (χ3v) is 2.57. The second kappa shape index (κ2) is 2.49. The lowest BCUT2D eigenvalue weighted by atomic mass is 9.84. The van der Waals surface area contributed by atoms with E-state index >= 15 is 0 Å². The van der Waals surface area contributed by atoms with Crippen molar-refractivity contribution in [1.29, 1.82) is 0 Å². The van der Waals surface area contributed by atoms with Crippen molar-refractivity contribution in [2.75, 3.05) is 26.3 Å². The molecule has 3 atom stereocenters. The molecule has 1 unspecified atom stereocenters. The summed E-state index contributed by atoms with van der Waals surface area (Å²) < 4.78 is 5.39. The van der Waals surface area contributed by atoms with Gasteiger partial charge in [-0.05, 0) is 0 Å². The molecule has 0 radical (unpaired) electrons. The molecule has 2 saturated heterocycles. The molecule has 2 aliphatic rings. The summed E-state index contributed by atoms with van der Waals surface area (Å²) in [5, 5.41) is 3.36. The highest BCUT2D eigenvalue weighted by Gasteiger charge is 2.33. The maximum atomic E-state index is 5.96. The Bertz CT molecular complexity index is 107. The van der Waals surface area contributed by atoms with Gasteiger partial charge in [0.05, 0.1) is 13.2 Å². The number of nitrogens with two attached hydrogens (primary N) is 1. The standard InChI is InChI=1S/C7H14N2O/c8-7-5-1-9-2-6(7)4-10-3-5/h5-7,9H,1-4,8H2/t5-,6+,7?. The number of fused-ring (bicyclic) bond motifs is 2. The number of hydrogen-bond donors (Lipinski definition) is 2. The molecule has 0 amide bonds. The largest absolute Gasteiger partial charge is 0.381 e.